The van der Waals surface area contributed by atoms with Crippen molar-refractivity contribution in [3.63, 3.8) is 0 Å². The van der Waals surface area contributed by atoms with Crippen molar-refractivity contribution >= 4 is 23.4 Å². The van der Waals surface area contributed by atoms with Crippen LogP contribution in [-0.4, -0.2) is 67.2 Å². The Labute approximate surface area is 200 Å². The van der Waals surface area contributed by atoms with Crippen molar-refractivity contribution in [1.29, 1.82) is 0 Å². The predicted molar refractivity (Wildman–Crippen MR) is 123 cm³/mol. The van der Waals surface area contributed by atoms with E-state index in [4.69, 9.17) is 25.6 Å². The summed E-state index contributed by atoms with van der Waals surface area (Å²) in [6.45, 7) is 2.85. The molecule has 0 atom stereocenters. The summed E-state index contributed by atoms with van der Waals surface area (Å²) >= 11 is 6.18. The van der Waals surface area contributed by atoms with Crippen molar-refractivity contribution in [3.8, 4) is 22.8 Å². The fourth-order valence-corrected chi connectivity index (χ4v) is 4.19. The van der Waals surface area contributed by atoms with Gasteiger partial charge in [-0.2, -0.15) is 0 Å². The van der Waals surface area contributed by atoms with E-state index >= 15 is 0 Å². The molecule has 1 saturated heterocycles. The highest BCUT2D eigenvalue weighted by Gasteiger charge is 2.31. The van der Waals surface area contributed by atoms with E-state index in [1.54, 1.807) is 34.9 Å². The number of carbonyl (C=O) groups excluding carboxylic acids is 2. The maximum absolute atomic E-state index is 14.5. The number of benzene rings is 2. The SMILES string of the molecule is COc1ccc(C(=O)N2CCN(C(=O)c3c(-c4c(F)cccc4Cl)noc3C)CC2)cc1OC. The van der Waals surface area contributed by atoms with Gasteiger partial charge in [-0.3, -0.25) is 9.59 Å². The Morgan fingerprint density at radius 2 is 1.65 bits per heavy atom. The molecule has 1 fully saturated rings. The van der Waals surface area contributed by atoms with Gasteiger partial charge < -0.3 is 23.8 Å². The molecule has 0 spiro atoms. The average molecular weight is 488 g/mol. The van der Waals surface area contributed by atoms with Crippen molar-refractivity contribution in [1.82, 2.24) is 15.0 Å². The summed E-state index contributed by atoms with van der Waals surface area (Å²) in [5, 5.41) is 4.04. The molecule has 0 N–H and O–H groups in total. The Balaban J connectivity index is 1.50. The molecule has 0 bridgehead atoms. The molecule has 178 valence electrons. The summed E-state index contributed by atoms with van der Waals surface area (Å²) in [4.78, 5) is 29.6. The third-order valence-corrected chi connectivity index (χ3v) is 6.08. The number of aryl methyl sites for hydroxylation is 1. The number of methoxy groups -OCH3 is 2. The van der Waals surface area contributed by atoms with Crippen molar-refractivity contribution in [2.45, 2.75) is 6.92 Å². The minimum absolute atomic E-state index is 0.0200. The van der Waals surface area contributed by atoms with Gasteiger partial charge in [0.15, 0.2) is 11.5 Å². The molecular weight excluding hydrogens is 465 g/mol. The van der Waals surface area contributed by atoms with Gasteiger partial charge in [0.25, 0.3) is 11.8 Å². The maximum atomic E-state index is 14.5. The van der Waals surface area contributed by atoms with Gasteiger partial charge in [-0.25, -0.2) is 4.39 Å². The van der Waals surface area contributed by atoms with Crippen molar-refractivity contribution in [3.05, 3.63) is 64.1 Å². The Morgan fingerprint density at radius 1 is 1.00 bits per heavy atom. The lowest BCUT2D eigenvalue weighted by atomic mass is 10.0. The highest BCUT2D eigenvalue weighted by atomic mass is 35.5. The Bertz CT molecular complexity index is 1220. The first-order valence-corrected chi connectivity index (χ1v) is 10.9. The van der Waals surface area contributed by atoms with Gasteiger partial charge in [-0.1, -0.05) is 22.8 Å². The number of aromatic nitrogens is 1. The summed E-state index contributed by atoms with van der Waals surface area (Å²) in [7, 11) is 3.03. The molecule has 34 heavy (non-hydrogen) atoms. The molecule has 4 rings (SSSR count). The van der Waals surface area contributed by atoms with E-state index in [2.05, 4.69) is 5.16 Å². The number of nitrogens with zero attached hydrogens (tertiary/aromatic N) is 3. The monoisotopic (exact) mass is 487 g/mol. The summed E-state index contributed by atoms with van der Waals surface area (Å²) < 4.78 is 30.2. The van der Waals surface area contributed by atoms with Crippen LogP contribution >= 0.6 is 11.6 Å². The van der Waals surface area contributed by atoms with E-state index < -0.39 is 5.82 Å². The number of carbonyl (C=O) groups is 2. The van der Waals surface area contributed by atoms with Crippen LogP contribution in [0.25, 0.3) is 11.3 Å². The third kappa shape index (κ3) is 4.31. The van der Waals surface area contributed by atoms with Gasteiger partial charge in [-0.05, 0) is 37.3 Å². The average Bonchev–Trinajstić information content (AvgIpc) is 3.23. The molecule has 10 heteroatoms. The number of halogens is 2. The van der Waals surface area contributed by atoms with E-state index in [0.717, 1.165) is 0 Å². The van der Waals surface area contributed by atoms with Crippen LogP contribution in [0, 0.1) is 12.7 Å². The van der Waals surface area contributed by atoms with Gasteiger partial charge in [0, 0.05) is 31.7 Å². The minimum Gasteiger partial charge on any atom is -0.493 e. The fraction of sp³-hybridized carbons (Fsp3) is 0.292. The number of ether oxygens (including phenoxy) is 2. The molecule has 1 aromatic heterocycles. The number of hydrogen-bond acceptors (Lipinski definition) is 6. The van der Waals surface area contributed by atoms with E-state index in [1.165, 1.54) is 32.4 Å². The van der Waals surface area contributed by atoms with Gasteiger partial charge in [0.1, 0.15) is 22.8 Å². The van der Waals surface area contributed by atoms with Gasteiger partial charge >= 0.3 is 0 Å². The number of piperazine rings is 1. The van der Waals surface area contributed by atoms with Crippen LogP contribution < -0.4 is 9.47 Å². The molecule has 1 aliphatic heterocycles. The van der Waals surface area contributed by atoms with Gasteiger partial charge in [-0.15, -0.1) is 0 Å². The molecule has 1 aliphatic rings. The zero-order valence-electron chi connectivity index (χ0n) is 18.9. The third-order valence-electron chi connectivity index (χ3n) is 5.76. The smallest absolute Gasteiger partial charge is 0.259 e. The fourth-order valence-electron chi connectivity index (χ4n) is 3.94. The van der Waals surface area contributed by atoms with Crippen molar-refractivity contribution in [2.75, 3.05) is 40.4 Å². The summed E-state index contributed by atoms with van der Waals surface area (Å²) in [6, 6.07) is 9.23. The van der Waals surface area contributed by atoms with Crippen LogP contribution in [0.5, 0.6) is 11.5 Å². The standard InChI is InChI=1S/C24H23ClFN3O5/c1-14-20(22(27-34-14)21-16(25)5-4-6-17(21)26)24(31)29-11-9-28(10-12-29)23(30)15-7-8-18(32-2)19(13-15)33-3/h4-8,13H,9-12H2,1-3H3. The normalized spacial score (nSPS) is 13.7. The summed E-state index contributed by atoms with van der Waals surface area (Å²) in [5.41, 5.74) is 0.705. The molecule has 0 radical (unpaired) electrons. The molecular formula is C24H23ClFN3O5. The number of rotatable bonds is 5. The van der Waals surface area contributed by atoms with E-state index in [1.807, 2.05) is 0 Å². The van der Waals surface area contributed by atoms with Crippen molar-refractivity contribution < 1.29 is 28.0 Å². The molecule has 8 nitrogen and oxygen atoms in total. The molecule has 0 unspecified atom stereocenters. The molecule has 2 heterocycles. The van der Waals surface area contributed by atoms with Crippen molar-refractivity contribution in [2.24, 2.45) is 0 Å². The zero-order chi connectivity index (χ0) is 24.4. The Morgan fingerprint density at radius 3 is 2.26 bits per heavy atom. The number of hydrogen-bond donors (Lipinski definition) is 0. The minimum atomic E-state index is -0.597. The topological polar surface area (TPSA) is 85.1 Å². The van der Waals surface area contributed by atoms with Crippen LogP contribution in [0.4, 0.5) is 4.39 Å². The summed E-state index contributed by atoms with van der Waals surface area (Å²) in [6.07, 6.45) is 0. The van der Waals surface area contributed by atoms with E-state index in [0.29, 0.717) is 43.2 Å². The first kappa shape index (κ1) is 23.6. The van der Waals surface area contributed by atoms with Crippen LogP contribution in [0.3, 0.4) is 0 Å². The summed E-state index contributed by atoms with van der Waals surface area (Å²) in [5.74, 6) is 0.136. The van der Waals surface area contributed by atoms with Crippen LogP contribution in [0.15, 0.2) is 40.9 Å². The Kier molecular flexibility index (Phi) is 6.74. The van der Waals surface area contributed by atoms with Gasteiger partial charge in [0.2, 0.25) is 0 Å². The first-order valence-electron chi connectivity index (χ1n) is 10.6. The second-order valence-corrected chi connectivity index (χ2v) is 8.12. The second-order valence-electron chi connectivity index (χ2n) is 7.71. The molecule has 2 aromatic carbocycles. The Hall–Kier alpha value is -3.59. The van der Waals surface area contributed by atoms with E-state index in [-0.39, 0.29) is 39.4 Å². The van der Waals surface area contributed by atoms with Crippen LogP contribution in [-0.2, 0) is 0 Å². The highest BCUT2D eigenvalue weighted by Crippen LogP contribution is 2.34. The first-order chi connectivity index (χ1) is 16.3. The second kappa shape index (κ2) is 9.72. The molecule has 0 saturated carbocycles. The lowest BCUT2D eigenvalue weighted by molar-refractivity contribution is 0.0534. The lowest BCUT2D eigenvalue weighted by Gasteiger charge is -2.35. The van der Waals surface area contributed by atoms with Crippen LogP contribution in [0.1, 0.15) is 26.5 Å². The largest absolute Gasteiger partial charge is 0.493 e. The molecule has 2 amide bonds. The van der Waals surface area contributed by atoms with E-state index in [9.17, 15) is 14.0 Å². The quantitative estimate of drug-likeness (QED) is 0.539. The van der Waals surface area contributed by atoms with Crippen LogP contribution in [0.2, 0.25) is 5.02 Å². The number of amides is 2. The maximum Gasteiger partial charge on any atom is 0.259 e. The molecule has 3 aromatic rings. The zero-order valence-corrected chi connectivity index (χ0v) is 19.7. The highest BCUT2D eigenvalue weighted by molar-refractivity contribution is 6.33. The lowest BCUT2D eigenvalue weighted by Crippen LogP contribution is -2.50. The predicted octanol–water partition coefficient (Wildman–Crippen LogP) is 4.06. The van der Waals surface area contributed by atoms with Gasteiger partial charge in [0.05, 0.1) is 24.8 Å². The molecule has 0 aliphatic carbocycles.